The van der Waals surface area contributed by atoms with Gasteiger partial charge in [-0.1, -0.05) is 29.8 Å². The van der Waals surface area contributed by atoms with Gasteiger partial charge in [-0.3, -0.25) is 9.69 Å². The van der Waals surface area contributed by atoms with Crippen molar-refractivity contribution in [1.29, 1.82) is 0 Å². The van der Waals surface area contributed by atoms with Crippen molar-refractivity contribution < 1.29 is 9.59 Å². The second-order valence-electron chi connectivity index (χ2n) is 5.15. The SMILES string of the molecule is O=C1C2Cc3ccccc3N2C(=O)N1c1ccc(Cl)cc1. The first-order valence-corrected chi connectivity index (χ1v) is 7.05. The molecule has 0 bridgehead atoms. The van der Waals surface area contributed by atoms with E-state index in [9.17, 15) is 9.59 Å². The minimum Gasteiger partial charge on any atom is -0.281 e. The number of benzene rings is 2. The summed E-state index contributed by atoms with van der Waals surface area (Å²) in [5.74, 6) is -0.182. The van der Waals surface area contributed by atoms with Crippen LogP contribution in [0, 0.1) is 0 Å². The summed E-state index contributed by atoms with van der Waals surface area (Å²) in [6.07, 6.45) is 0.574. The average Bonchev–Trinajstić information content (AvgIpc) is 2.98. The molecule has 1 unspecified atom stereocenters. The minimum absolute atomic E-state index is 0.182. The lowest BCUT2D eigenvalue weighted by Crippen LogP contribution is -2.32. The summed E-state index contributed by atoms with van der Waals surface area (Å²) >= 11 is 5.86. The van der Waals surface area contributed by atoms with Gasteiger partial charge >= 0.3 is 6.03 Å². The number of halogens is 1. The van der Waals surface area contributed by atoms with E-state index in [0.717, 1.165) is 11.3 Å². The summed E-state index contributed by atoms with van der Waals surface area (Å²) < 4.78 is 0. The Kier molecular flexibility index (Phi) is 2.56. The van der Waals surface area contributed by atoms with Gasteiger partial charge in [0.2, 0.25) is 0 Å². The third-order valence-electron chi connectivity index (χ3n) is 3.96. The van der Waals surface area contributed by atoms with Gasteiger partial charge in [-0.25, -0.2) is 9.69 Å². The molecule has 0 aliphatic carbocycles. The zero-order chi connectivity index (χ0) is 14.6. The molecule has 4 rings (SSSR count). The highest BCUT2D eigenvalue weighted by Gasteiger charge is 2.50. The van der Waals surface area contributed by atoms with Crippen LogP contribution in [0.1, 0.15) is 5.56 Å². The number of hydrogen-bond donors (Lipinski definition) is 0. The first-order valence-electron chi connectivity index (χ1n) is 6.67. The fourth-order valence-corrected chi connectivity index (χ4v) is 3.12. The van der Waals surface area contributed by atoms with E-state index in [-0.39, 0.29) is 11.9 Å². The van der Waals surface area contributed by atoms with Gasteiger partial charge < -0.3 is 0 Å². The Morgan fingerprint density at radius 1 is 1.00 bits per heavy atom. The number of carbonyl (C=O) groups excluding carboxylic acids is 2. The maximum Gasteiger partial charge on any atom is 0.336 e. The Labute approximate surface area is 126 Å². The monoisotopic (exact) mass is 298 g/mol. The van der Waals surface area contributed by atoms with Crippen LogP contribution in [0.2, 0.25) is 5.02 Å². The molecule has 21 heavy (non-hydrogen) atoms. The lowest BCUT2D eigenvalue weighted by atomic mass is 10.1. The van der Waals surface area contributed by atoms with Gasteiger partial charge in [-0.05, 0) is 35.9 Å². The molecule has 4 nitrogen and oxygen atoms in total. The Hall–Kier alpha value is -2.33. The van der Waals surface area contributed by atoms with Gasteiger partial charge in [0.1, 0.15) is 6.04 Å². The normalized spacial score (nSPS) is 20.0. The molecule has 1 atom stereocenters. The Morgan fingerprint density at radius 3 is 2.48 bits per heavy atom. The van der Waals surface area contributed by atoms with Gasteiger partial charge in [0.05, 0.1) is 5.69 Å². The van der Waals surface area contributed by atoms with Crippen LogP contribution in [-0.2, 0) is 11.2 Å². The maximum absolute atomic E-state index is 12.6. The third kappa shape index (κ3) is 1.69. The van der Waals surface area contributed by atoms with E-state index in [1.165, 1.54) is 4.90 Å². The predicted octanol–water partition coefficient (Wildman–Crippen LogP) is 3.24. The number of para-hydroxylation sites is 1. The lowest BCUT2D eigenvalue weighted by Gasteiger charge is -2.16. The van der Waals surface area contributed by atoms with Gasteiger partial charge in [0, 0.05) is 17.1 Å². The first kappa shape index (κ1) is 12.4. The summed E-state index contributed by atoms with van der Waals surface area (Å²) in [4.78, 5) is 28.0. The van der Waals surface area contributed by atoms with Crippen LogP contribution in [0.4, 0.5) is 16.2 Å². The molecule has 2 aliphatic heterocycles. The summed E-state index contributed by atoms with van der Waals surface area (Å²) in [5.41, 5.74) is 2.43. The topological polar surface area (TPSA) is 40.6 Å². The number of fused-ring (bicyclic) bond motifs is 3. The van der Waals surface area contributed by atoms with Crippen LogP contribution in [0.25, 0.3) is 0 Å². The molecule has 1 fully saturated rings. The van der Waals surface area contributed by atoms with Crippen LogP contribution in [0.3, 0.4) is 0 Å². The number of nitrogens with zero attached hydrogens (tertiary/aromatic N) is 2. The van der Waals surface area contributed by atoms with Crippen LogP contribution < -0.4 is 9.80 Å². The van der Waals surface area contributed by atoms with Crippen molar-refractivity contribution in [3.05, 3.63) is 59.1 Å². The Balaban J connectivity index is 1.77. The second kappa shape index (κ2) is 4.33. The predicted molar refractivity (Wildman–Crippen MR) is 80.7 cm³/mol. The number of rotatable bonds is 1. The molecule has 0 N–H and O–H groups in total. The minimum atomic E-state index is -0.425. The number of hydrogen-bond acceptors (Lipinski definition) is 2. The fourth-order valence-electron chi connectivity index (χ4n) is 3.00. The highest BCUT2D eigenvalue weighted by Crippen LogP contribution is 2.39. The number of anilines is 2. The molecule has 3 amide bonds. The molecule has 2 heterocycles. The molecule has 0 saturated carbocycles. The van der Waals surface area contributed by atoms with Crippen molar-refractivity contribution in [2.45, 2.75) is 12.5 Å². The number of imide groups is 1. The van der Waals surface area contributed by atoms with Crippen molar-refractivity contribution in [2.24, 2.45) is 0 Å². The largest absolute Gasteiger partial charge is 0.336 e. The maximum atomic E-state index is 12.6. The quantitative estimate of drug-likeness (QED) is 0.758. The van der Waals surface area contributed by atoms with Crippen molar-refractivity contribution >= 4 is 34.9 Å². The van der Waals surface area contributed by atoms with E-state index in [4.69, 9.17) is 11.6 Å². The van der Waals surface area contributed by atoms with E-state index in [2.05, 4.69) is 0 Å². The summed E-state index contributed by atoms with van der Waals surface area (Å²) in [7, 11) is 0. The molecule has 0 spiro atoms. The molecule has 104 valence electrons. The van der Waals surface area contributed by atoms with E-state index >= 15 is 0 Å². The van der Waals surface area contributed by atoms with Gasteiger partial charge in [-0.15, -0.1) is 0 Å². The summed E-state index contributed by atoms with van der Waals surface area (Å²) in [6.45, 7) is 0. The molecular formula is C16H11ClN2O2. The molecule has 1 saturated heterocycles. The van der Waals surface area contributed by atoms with E-state index < -0.39 is 6.04 Å². The van der Waals surface area contributed by atoms with Crippen LogP contribution in [0.5, 0.6) is 0 Å². The first-order chi connectivity index (χ1) is 10.2. The molecule has 2 aromatic rings. The third-order valence-corrected chi connectivity index (χ3v) is 4.22. The van der Waals surface area contributed by atoms with Crippen LogP contribution in [0.15, 0.2) is 48.5 Å². The zero-order valence-corrected chi connectivity index (χ0v) is 11.7. The van der Waals surface area contributed by atoms with E-state index in [1.807, 2.05) is 24.3 Å². The van der Waals surface area contributed by atoms with Gasteiger partial charge in [0.15, 0.2) is 0 Å². The fraction of sp³-hybridized carbons (Fsp3) is 0.125. The highest BCUT2D eigenvalue weighted by molar-refractivity contribution is 6.31. The molecule has 0 aromatic heterocycles. The number of carbonyl (C=O) groups is 2. The number of urea groups is 1. The average molecular weight is 299 g/mol. The zero-order valence-electron chi connectivity index (χ0n) is 11.0. The molecule has 2 aliphatic rings. The molecular weight excluding hydrogens is 288 g/mol. The van der Waals surface area contributed by atoms with Crippen molar-refractivity contribution in [2.75, 3.05) is 9.80 Å². The second-order valence-corrected chi connectivity index (χ2v) is 5.59. The number of amides is 3. The van der Waals surface area contributed by atoms with Crippen molar-refractivity contribution in [1.82, 2.24) is 0 Å². The summed E-state index contributed by atoms with van der Waals surface area (Å²) in [6, 6.07) is 13.6. The molecule has 2 aromatic carbocycles. The smallest absolute Gasteiger partial charge is 0.281 e. The standard InChI is InChI=1S/C16H11ClN2O2/c17-11-5-7-12(8-6-11)18-15(20)14-9-10-3-1-2-4-13(10)19(14)16(18)21/h1-8,14H,9H2. The molecule has 0 radical (unpaired) electrons. The van der Waals surface area contributed by atoms with Crippen LogP contribution >= 0.6 is 11.6 Å². The van der Waals surface area contributed by atoms with E-state index in [0.29, 0.717) is 17.1 Å². The molecule has 5 heteroatoms. The van der Waals surface area contributed by atoms with Gasteiger partial charge in [-0.2, -0.15) is 0 Å². The lowest BCUT2D eigenvalue weighted by molar-refractivity contribution is -0.117. The Morgan fingerprint density at radius 2 is 1.71 bits per heavy atom. The Bertz CT molecular complexity index is 757. The van der Waals surface area contributed by atoms with Crippen molar-refractivity contribution in [3.63, 3.8) is 0 Å². The van der Waals surface area contributed by atoms with Crippen LogP contribution in [-0.4, -0.2) is 18.0 Å². The van der Waals surface area contributed by atoms with Crippen molar-refractivity contribution in [3.8, 4) is 0 Å². The summed E-state index contributed by atoms with van der Waals surface area (Å²) in [5, 5.41) is 0.573. The van der Waals surface area contributed by atoms with Gasteiger partial charge in [0.25, 0.3) is 5.91 Å². The highest BCUT2D eigenvalue weighted by atomic mass is 35.5. The van der Waals surface area contributed by atoms with E-state index in [1.54, 1.807) is 29.2 Å².